The van der Waals surface area contributed by atoms with Gasteiger partial charge in [0.15, 0.2) is 0 Å². The lowest BCUT2D eigenvalue weighted by atomic mass is 9.92. The molecule has 0 amide bonds. The monoisotopic (exact) mass is 428 g/mol. The molecule has 0 bridgehead atoms. The Kier molecular flexibility index (Phi) is 5.39. The van der Waals surface area contributed by atoms with Crippen molar-refractivity contribution in [3.63, 3.8) is 0 Å². The number of benzene rings is 2. The van der Waals surface area contributed by atoms with Crippen LogP contribution in [0.15, 0.2) is 59.9 Å². The van der Waals surface area contributed by atoms with E-state index in [1.54, 1.807) is 17.1 Å². The second-order valence-electron chi connectivity index (χ2n) is 8.85. The predicted molar refractivity (Wildman–Crippen MR) is 125 cm³/mol. The number of aliphatic hydroxyl groups is 1. The van der Waals surface area contributed by atoms with Gasteiger partial charge >= 0.3 is 0 Å². The molecule has 1 aliphatic carbocycles. The molecule has 5 rings (SSSR count). The third kappa shape index (κ3) is 3.65. The lowest BCUT2D eigenvalue weighted by Gasteiger charge is -2.29. The molecular weight excluding hydrogens is 400 g/mol. The standard InChI is InChI=1S/C26H28N4O2/c1-17-18(2)25-22(26(32)29(16-27-25)23-6-3-4-7-24(23)31)15-20(17)14-19-8-10-21(11-9-19)30-13-5-12-28-30/h5,8-13,15-16,23-24,31H,3-4,6-7,14H2,1-2H3/t23-,24-/m0/s1. The van der Waals surface area contributed by atoms with Gasteiger partial charge in [0, 0.05) is 12.4 Å². The fourth-order valence-electron chi connectivity index (χ4n) is 4.86. The highest BCUT2D eigenvalue weighted by Crippen LogP contribution is 2.29. The van der Waals surface area contributed by atoms with E-state index in [2.05, 4.69) is 41.3 Å². The summed E-state index contributed by atoms with van der Waals surface area (Å²) in [5.74, 6) is 0. The van der Waals surface area contributed by atoms with Gasteiger partial charge in [-0.25, -0.2) is 9.67 Å². The maximum atomic E-state index is 13.4. The molecule has 0 unspecified atom stereocenters. The van der Waals surface area contributed by atoms with Crippen molar-refractivity contribution in [2.45, 2.75) is 58.1 Å². The van der Waals surface area contributed by atoms with Crippen molar-refractivity contribution in [2.75, 3.05) is 0 Å². The van der Waals surface area contributed by atoms with Crippen molar-refractivity contribution in [2.24, 2.45) is 0 Å². The van der Waals surface area contributed by atoms with Crippen molar-refractivity contribution in [3.05, 3.63) is 87.7 Å². The van der Waals surface area contributed by atoms with E-state index in [-0.39, 0.29) is 11.6 Å². The van der Waals surface area contributed by atoms with E-state index in [0.717, 1.165) is 60.0 Å². The Hall–Kier alpha value is -3.25. The molecular formula is C26H28N4O2. The van der Waals surface area contributed by atoms with Crippen molar-refractivity contribution in [1.29, 1.82) is 0 Å². The first-order valence-electron chi connectivity index (χ1n) is 11.3. The quantitative estimate of drug-likeness (QED) is 0.527. The van der Waals surface area contributed by atoms with E-state index < -0.39 is 6.10 Å². The van der Waals surface area contributed by atoms with Gasteiger partial charge in [-0.1, -0.05) is 25.0 Å². The van der Waals surface area contributed by atoms with E-state index in [4.69, 9.17) is 0 Å². The fraction of sp³-hybridized carbons (Fsp3) is 0.346. The largest absolute Gasteiger partial charge is 0.391 e. The number of hydrogen-bond acceptors (Lipinski definition) is 4. The number of nitrogens with zero attached hydrogens (tertiary/aromatic N) is 4. The van der Waals surface area contributed by atoms with Crippen LogP contribution in [0.2, 0.25) is 0 Å². The minimum absolute atomic E-state index is 0.0562. The van der Waals surface area contributed by atoms with Crippen LogP contribution in [0, 0.1) is 13.8 Å². The number of aromatic nitrogens is 4. The summed E-state index contributed by atoms with van der Waals surface area (Å²) < 4.78 is 3.49. The maximum Gasteiger partial charge on any atom is 0.261 e. The topological polar surface area (TPSA) is 72.9 Å². The molecule has 1 aliphatic rings. The molecule has 0 spiro atoms. The van der Waals surface area contributed by atoms with Crippen molar-refractivity contribution in [3.8, 4) is 5.69 Å². The zero-order chi connectivity index (χ0) is 22.2. The predicted octanol–water partition coefficient (Wildman–Crippen LogP) is 4.27. The average molecular weight is 429 g/mol. The van der Waals surface area contributed by atoms with Crippen molar-refractivity contribution >= 4 is 10.9 Å². The van der Waals surface area contributed by atoms with Gasteiger partial charge in [0.25, 0.3) is 5.56 Å². The van der Waals surface area contributed by atoms with Crippen LogP contribution in [0.5, 0.6) is 0 Å². The van der Waals surface area contributed by atoms with Gasteiger partial charge in [-0.3, -0.25) is 9.36 Å². The number of rotatable bonds is 4. The Morgan fingerprint density at radius 1 is 1.09 bits per heavy atom. The highest BCUT2D eigenvalue weighted by molar-refractivity contribution is 5.83. The third-order valence-electron chi connectivity index (χ3n) is 6.90. The second-order valence-corrected chi connectivity index (χ2v) is 8.85. The van der Waals surface area contributed by atoms with Crippen LogP contribution in [-0.2, 0) is 6.42 Å². The molecule has 0 saturated heterocycles. The van der Waals surface area contributed by atoms with Gasteiger partial charge in [-0.2, -0.15) is 5.10 Å². The zero-order valence-electron chi connectivity index (χ0n) is 18.5. The summed E-state index contributed by atoms with van der Waals surface area (Å²) in [4.78, 5) is 18.1. The normalized spacial score (nSPS) is 18.8. The molecule has 6 heteroatoms. The molecule has 32 heavy (non-hydrogen) atoms. The summed E-state index contributed by atoms with van der Waals surface area (Å²) in [6.45, 7) is 4.13. The lowest BCUT2D eigenvalue weighted by Crippen LogP contribution is -2.34. The minimum Gasteiger partial charge on any atom is -0.391 e. The van der Waals surface area contributed by atoms with Gasteiger partial charge in [-0.15, -0.1) is 0 Å². The molecule has 2 aromatic heterocycles. The molecule has 0 radical (unpaired) electrons. The summed E-state index contributed by atoms with van der Waals surface area (Å²) >= 11 is 0. The van der Waals surface area contributed by atoms with Crippen LogP contribution in [0.25, 0.3) is 16.6 Å². The molecule has 0 aliphatic heterocycles. The molecule has 4 aromatic rings. The average Bonchev–Trinajstić information content (AvgIpc) is 3.34. The third-order valence-corrected chi connectivity index (χ3v) is 6.90. The number of hydrogen-bond donors (Lipinski definition) is 1. The molecule has 164 valence electrons. The van der Waals surface area contributed by atoms with Gasteiger partial charge in [0.05, 0.1) is 35.1 Å². The Morgan fingerprint density at radius 3 is 2.59 bits per heavy atom. The molecule has 2 heterocycles. The Bertz CT molecular complexity index is 1310. The van der Waals surface area contributed by atoms with Crippen LogP contribution >= 0.6 is 0 Å². The molecule has 1 N–H and O–H groups in total. The summed E-state index contributed by atoms with van der Waals surface area (Å²) in [5.41, 5.74) is 6.22. The smallest absolute Gasteiger partial charge is 0.261 e. The Morgan fingerprint density at radius 2 is 1.88 bits per heavy atom. The summed E-state index contributed by atoms with van der Waals surface area (Å²) in [5, 5.41) is 15.4. The minimum atomic E-state index is -0.486. The molecule has 2 aromatic carbocycles. The van der Waals surface area contributed by atoms with Crippen LogP contribution in [-0.4, -0.2) is 30.5 Å². The molecule has 1 saturated carbocycles. The van der Waals surface area contributed by atoms with Crippen molar-refractivity contribution in [1.82, 2.24) is 19.3 Å². The van der Waals surface area contributed by atoms with Gasteiger partial charge in [0.1, 0.15) is 0 Å². The van der Waals surface area contributed by atoms with E-state index in [0.29, 0.717) is 5.39 Å². The van der Waals surface area contributed by atoms with Crippen LogP contribution < -0.4 is 5.56 Å². The van der Waals surface area contributed by atoms with Gasteiger partial charge in [0.2, 0.25) is 0 Å². The highest BCUT2D eigenvalue weighted by atomic mass is 16.3. The first kappa shape index (κ1) is 20.6. The Balaban J connectivity index is 1.52. The first-order chi connectivity index (χ1) is 15.5. The number of fused-ring (bicyclic) bond motifs is 1. The van der Waals surface area contributed by atoms with E-state index >= 15 is 0 Å². The van der Waals surface area contributed by atoms with E-state index in [1.165, 1.54) is 5.56 Å². The number of aryl methyl sites for hydroxylation is 1. The highest BCUT2D eigenvalue weighted by Gasteiger charge is 2.26. The zero-order valence-corrected chi connectivity index (χ0v) is 18.5. The lowest BCUT2D eigenvalue weighted by molar-refractivity contribution is 0.0735. The van der Waals surface area contributed by atoms with Crippen LogP contribution in [0.4, 0.5) is 0 Å². The molecule has 2 atom stereocenters. The van der Waals surface area contributed by atoms with Gasteiger partial charge in [-0.05, 0) is 79.6 Å². The summed E-state index contributed by atoms with van der Waals surface area (Å²) in [6, 6.07) is 12.1. The first-order valence-corrected chi connectivity index (χ1v) is 11.3. The van der Waals surface area contributed by atoms with Crippen LogP contribution in [0.1, 0.15) is 54.0 Å². The fourth-order valence-corrected chi connectivity index (χ4v) is 4.86. The Labute approximate surface area is 187 Å². The summed E-state index contributed by atoms with van der Waals surface area (Å²) in [6.07, 6.45) is 9.16. The maximum absolute atomic E-state index is 13.4. The summed E-state index contributed by atoms with van der Waals surface area (Å²) in [7, 11) is 0. The van der Waals surface area contributed by atoms with E-state index in [9.17, 15) is 9.90 Å². The number of aliphatic hydroxyl groups excluding tert-OH is 1. The second kappa shape index (κ2) is 8.36. The van der Waals surface area contributed by atoms with Crippen LogP contribution in [0.3, 0.4) is 0 Å². The SMILES string of the molecule is Cc1c(Cc2ccc(-n3cccn3)cc2)cc2c(=O)n([C@H]3CCCC[C@@H]3O)cnc2c1C. The van der Waals surface area contributed by atoms with Gasteiger partial charge < -0.3 is 5.11 Å². The molecule has 1 fully saturated rings. The van der Waals surface area contributed by atoms with E-state index in [1.807, 2.05) is 29.9 Å². The molecule has 6 nitrogen and oxygen atoms in total. The van der Waals surface area contributed by atoms with Crippen molar-refractivity contribution < 1.29 is 5.11 Å².